The van der Waals surface area contributed by atoms with E-state index in [4.69, 9.17) is 23.6 Å². The fourth-order valence-corrected chi connectivity index (χ4v) is 5.80. The summed E-state index contributed by atoms with van der Waals surface area (Å²) in [4.78, 5) is 21.1. The summed E-state index contributed by atoms with van der Waals surface area (Å²) < 4.78 is 24.2. The number of amidine groups is 1. The molecule has 0 saturated carbocycles. The number of benzene rings is 3. The lowest BCUT2D eigenvalue weighted by molar-refractivity contribution is -0.0263. The molecule has 0 spiro atoms. The van der Waals surface area contributed by atoms with Crippen LogP contribution >= 0.6 is 0 Å². The van der Waals surface area contributed by atoms with E-state index in [0.717, 1.165) is 11.1 Å². The molecular formula is C35H33N3O5. The van der Waals surface area contributed by atoms with Gasteiger partial charge in [-0.2, -0.15) is 5.26 Å². The van der Waals surface area contributed by atoms with E-state index in [-0.39, 0.29) is 17.4 Å². The maximum Gasteiger partial charge on any atom is 0.244 e. The molecule has 8 heteroatoms. The molecule has 43 heavy (non-hydrogen) atoms. The monoisotopic (exact) mass is 575 g/mol. The number of nitrogens with zero attached hydrogens (tertiary/aromatic N) is 3. The Morgan fingerprint density at radius 2 is 1.88 bits per heavy atom. The minimum Gasteiger partial charge on any atom is -0.497 e. The number of fused-ring (bicyclic) bond motifs is 1. The summed E-state index contributed by atoms with van der Waals surface area (Å²) in [5.74, 6) is 2.55. The molecular weight excluding hydrogens is 542 g/mol. The van der Waals surface area contributed by atoms with Crippen molar-refractivity contribution < 1.29 is 18.6 Å². The van der Waals surface area contributed by atoms with Crippen LogP contribution in [0.5, 0.6) is 5.75 Å². The molecule has 218 valence electrons. The van der Waals surface area contributed by atoms with Crippen molar-refractivity contribution in [3.8, 4) is 11.8 Å². The second-order valence-electron chi connectivity index (χ2n) is 11.1. The molecule has 1 aromatic heterocycles. The largest absolute Gasteiger partial charge is 0.497 e. The van der Waals surface area contributed by atoms with Crippen molar-refractivity contribution in [2.75, 3.05) is 20.2 Å². The Morgan fingerprint density at radius 1 is 1.07 bits per heavy atom. The molecule has 0 radical (unpaired) electrons. The van der Waals surface area contributed by atoms with E-state index in [1.807, 2.05) is 54.6 Å². The van der Waals surface area contributed by atoms with Gasteiger partial charge in [0.2, 0.25) is 12.0 Å². The van der Waals surface area contributed by atoms with E-state index >= 15 is 0 Å². The number of ether oxygens (including phenoxy) is 3. The summed E-state index contributed by atoms with van der Waals surface area (Å²) in [5, 5.41) is 9.98. The van der Waals surface area contributed by atoms with Gasteiger partial charge in [-0.25, -0.2) is 0 Å². The van der Waals surface area contributed by atoms with Crippen LogP contribution in [-0.2, 0) is 22.3 Å². The van der Waals surface area contributed by atoms with E-state index < -0.39 is 6.29 Å². The highest BCUT2D eigenvalue weighted by atomic mass is 16.7. The van der Waals surface area contributed by atoms with Crippen LogP contribution in [0.4, 0.5) is 0 Å². The zero-order valence-electron chi connectivity index (χ0n) is 24.4. The maximum atomic E-state index is 14.1. The number of rotatable bonds is 9. The average molecular weight is 576 g/mol. The lowest BCUT2D eigenvalue weighted by atomic mass is 9.92. The van der Waals surface area contributed by atoms with E-state index in [2.05, 4.69) is 24.8 Å². The number of hydrogen-bond donors (Lipinski definition) is 0. The van der Waals surface area contributed by atoms with Crippen molar-refractivity contribution >= 4 is 16.8 Å². The first-order valence-corrected chi connectivity index (χ1v) is 14.5. The molecule has 0 bridgehead atoms. The number of nitriles is 1. The summed E-state index contributed by atoms with van der Waals surface area (Å²) in [7, 11) is 1.62. The van der Waals surface area contributed by atoms with Gasteiger partial charge in [-0.3, -0.25) is 9.79 Å². The molecule has 0 amide bonds. The molecule has 2 unspecified atom stereocenters. The van der Waals surface area contributed by atoms with E-state index in [0.29, 0.717) is 71.1 Å². The first kappa shape index (κ1) is 28.1. The third-order valence-corrected chi connectivity index (χ3v) is 7.82. The molecule has 6 rings (SSSR count). The molecule has 0 fully saturated rings. The topological polar surface area (TPSA) is 97.3 Å². The Balaban J connectivity index is 1.39. The quantitative estimate of drug-likeness (QED) is 0.237. The van der Waals surface area contributed by atoms with Gasteiger partial charge in [0.25, 0.3) is 0 Å². The van der Waals surface area contributed by atoms with Gasteiger partial charge in [-0.05, 0) is 47.4 Å². The van der Waals surface area contributed by atoms with Crippen molar-refractivity contribution in [1.29, 1.82) is 5.26 Å². The fourth-order valence-electron chi connectivity index (χ4n) is 5.80. The van der Waals surface area contributed by atoms with Crippen molar-refractivity contribution in [3.05, 3.63) is 123 Å². The number of aliphatic imine (C=N–C) groups is 1. The van der Waals surface area contributed by atoms with Gasteiger partial charge >= 0.3 is 0 Å². The second-order valence-corrected chi connectivity index (χ2v) is 11.1. The zero-order chi connectivity index (χ0) is 29.9. The minimum atomic E-state index is -0.452. The predicted octanol–water partition coefficient (Wildman–Crippen LogP) is 6.13. The molecule has 3 heterocycles. The van der Waals surface area contributed by atoms with Gasteiger partial charge in [-0.15, -0.1) is 0 Å². The van der Waals surface area contributed by atoms with Gasteiger partial charge in [0.05, 0.1) is 36.7 Å². The highest BCUT2D eigenvalue weighted by Gasteiger charge is 2.38. The highest BCUT2D eigenvalue weighted by molar-refractivity contribution is 5.98. The molecule has 2 aliphatic rings. The fraction of sp³-hybridized carbons (Fsp3) is 0.286. The first-order chi connectivity index (χ1) is 20.9. The molecule has 2 atom stereocenters. The molecule has 3 aromatic carbocycles. The Bertz CT molecular complexity index is 1800. The van der Waals surface area contributed by atoms with Gasteiger partial charge in [0, 0.05) is 24.9 Å². The first-order valence-electron chi connectivity index (χ1n) is 14.5. The summed E-state index contributed by atoms with van der Waals surface area (Å²) >= 11 is 0. The normalized spacial score (nSPS) is 16.8. The summed E-state index contributed by atoms with van der Waals surface area (Å²) in [5.41, 5.74) is 3.31. The smallest absolute Gasteiger partial charge is 0.244 e. The van der Waals surface area contributed by atoms with Crippen LogP contribution in [0.3, 0.4) is 0 Å². The minimum absolute atomic E-state index is 0.0372. The molecule has 0 aliphatic carbocycles. The van der Waals surface area contributed by atoms with Gasteiger partial charge < -0.3 is 23.5 Å². The van der Waals surface area contributed by atoms with Crippen molar-refractivity contribution in [1.82, 2.24) is 4.90 Å². The Hall–Kier alpha value is -5.03. The number of hydrogen-bond acceptors (Lipinski definition) is 8. The molecule has 4 aromatic rings. The lowest BCUT2D eigenvalue weighted by Gasteiger charge is -2.33. The summed E-state index contributed by atoms with van der Waals surface area (Å²) in [6, 6.07) is 24.5. The highest BCUT2D eigenvalue weighted by Crippen LogP contribution is 2.37. The standard InChI is InChI=1S/C35H33N3O5/c1-22(2)32(38-15-14-37-35(38)30-21-41-31(42-30)19-23-8-5-4-6-9-23)34-28(17-24-10-7-11-26(16-24)40-3)33(39)27-13-12-25(20-36)18-29(27)43-34/h4-13,16,18,21-22,31-32H,14-15,17,19H2,1-3H3. The molecule has 8 nitrogen and oxygen atoms in total. The third-order valence-electron chi connectivity index (χ3n) is 7.82. The SMILES string of the molecule is COc1cccc(Cc2c(C(C(C)C)N3CCN=C3C3=COC(Cc4ccccc4)O3)oc3cc(C#N)ccc3c2=O)c1. The third kappa shape index (κ3) is 5.71. The van der Waals surface area contributed by atoms with E-state index in [9.17, 15) is 10.1 Å². The summed E-state index contributed by atoms with van der Waals surface area (Å²) in [6.07, 6.45) is 2.14. The van der Waals surface area contributed by atoms with Crippen molar-refractivity contribution in [2.24, 2.45) is 10.9 Å². The lowest BCUT2D eigenvalue weighted by Crippen LogP contribution is -2.37. The summed E-state index contributed by atoms with van der Waals surface area (Å²) in [6.45, 7) is 5.40. The van der Waals surface area contributed by atoms with Crippen LogP contribution in [0.15, 0.2) is 99.0 Å². The zero-order valence-corrected chi connectivity index (χ0v) is 24.4. The van der Waals surface area contributed by atoms with Crippen LogP contribution in [0.1, 0.15) is 47.9 Å². The van der Waals surface area contributed by atoms with Crippen LogP contribution < -0.4 is 10.2 Å². The Kier molecular flexibility index (Phi) is 7.89. The molecule has 0 saturated heterocycles. The van der Waals surface area contributed by atoms with Crippen LogP contribution in [0, 0.1) is 17.2 Å². The van der Waals surface area contributed by atoms with Crippen molar-refractivity contribution in [2.45, 2.75) is 39.0 Å². The molecule has 0 N–H and O–H groups in total. The van der Waals surface area contributed by atoms with Crippen molar-refractivity contribution in [3.63, 3.8) is 0 Å². The van der Waals surface area contributed by atoms with Crippen LogP contribution in [-0.4, -0.2) is 37.2 Å². The number of methoxy groups -OCH3 is 1. The van der Waals surface area contributed by atoms with Gasteiger partial charge in [0.1, 0.15) is 23.4 Å². The van der Waals surface area contributed by atoms with Gasteiger partial charge in [-0.1, -0.05) is 56.3 Å². The predicted molar refractivity (Wildman–Crippen MR) is 164 cm³/mol. The van der Waals surface area contributed by atoms with Crippen LogP contribution in [0.2, 0.25) is 0 Å². The average Bonchev–Trinajstić information content (AvgIpc) is 3.69. The Morgan fingerprint density at radius 3 is 2.65 bits per heavy atom. The second kappa shape index (κ2) is 12.1. The molecule has 2 aliphatic heterocycles. The maximum absolute atomic E-state index is 14.1. The van der Waals surface area contributed by atoms with E-state index in [1.165, 1.54) is 0 Å². The van der Waals surface area contributed by atoms with Gasteiger partial charge in [0.15, 0.2) is 11.3 Å². The van der Waals surface area contributed by atoms with Crippen LogP contribution in [0.25, 0.3) is 11.0 Å². The Labute approximate surface area is 250 Å². The van der Waals surface area contributed by atoms with E-state index in [1.54, 1.807) is 31.6 Å².